The van der Waals surface area contributed by atoms with Crippen LogP contribution < -0.4 is 4.90 Å². The Balaban J connectivity index is 1.74. The van der Waals surface area contributed by atoms with Crippen LogP contribution in [0.2, 0.25) is 0 Å². The molecule has 1 aromatic heterocycles. The molecule has 1 aliphatic rings. The summed E-state index contributed by atoms with van der Waals surface area (Å²) < 4.78 is 0. The third-order valence-corrected chi connectivity index (χ3v) is 7.38. The maximum absolute atomic E-state index is 10.7. The SMILES string of the molecule is CC1=CCc2cc(-c3cc(N(c4c(C)cccc4C)c4c(C)cccc4C)ccn3)c(C(C)O)cc21. The Kier molecular flexibility index (Phi) is 6.27. The normalized spacial score (nSPS) is 13.4. The van der Waals surface area contributed by atoms with Gasteiger partial charge in [0.05, 0.1) is 23.2 Å². The molecule has 3 heteroatoms. The fraction of sp³-hybridized carbons (Fsp3) is 0.242. The lowest BCUT2D eigenvalue weighted by Gasteiger charge is -2.31. The van der Waals surface area contributed by atoms with Gasteiger partial charge >= 0.3 is 0 Å². The van der Waals surface area contributed by atoms with Crippen LogP contribution in [0.5, 0.6) is 0 Å². The minimum Gasteiger partial charge on any atom is -0.389 e. The molecule has 1 aliphatic carbocycles. The van der Waals surface area contributed by atoms with Crippen LogP contribution in [0.4, 0.5) is 17.1 Å². The van der Waals surface area contributed by atoms with Crippen LogP contribution in [-0.4, -0.2) is 10.1 Å². The summed E-state index contributed by atoms with van der Waals surface area (Å²) in [6, 6.07) is 21.5. The van der Waals surface area contributed by atoms with E-state index < -0.39 is 6.10 Å². The highest BCUT2D eigenvalue weighted by Gasteiger charge is 2.23. The van der Waals surface area contributed by atoms with Gasteiger partial charge in [0, 0.05) is 17.4 Å². The number of nitrogens with zero attached hydrogens (tertiary/aromatic N) is 2. The number of rotatable bonds is 5. The molecule has 182 valence electrons. The first kappa shape index (κ1) is 24.0. The van der Waals surface area contributed by atoms with Gasteiger partial charge < -0.3 is 10.0 Å². The molecule has 0 saturated heterocycles. The molecule has 0 radical (unpaired) electrons. The number of aryl methyl sites for hydroxylation is 4. The van der Waals surface area contributed by atoms with Crippen molar-refractivity contribution in [2.75, 3.05) is 4.90 Å². The van der Waals surface area contributed by atoms with Gasteiger partial charge in [-0.3, -0.25) is 4.98 Å². The van der Waals surface area contributed by atoms with E-state index in [1.165, 1.54) is 50.3 Å². The van der Waals surface area contributed by atoms with E-state index in [4.69, 9.17) is 4.98 Å². The van der Waals surface area contributed by atoms with Gasteiger partial charge in [-0.15, -0.1) is 0 Å². The molecule has 5 rings (SSSR count). The zero-order valence-electron chi connectivity index (χ0n) is 22.1. The first-order chi connectivity index (χ1) is 17.3. The average molecular weight is 475 g/mol. The molecule has 0 bridgehead atoms. The number of aliphatic hydroxyl groups excluding tert-OH is 1. The van der Waals surface area contributed by atoms with E-state index in [1.807, 2.05) is 13.1 Å². The van der Waals surface area contributed by atoms with Crippen molar-refractivity contribution in [3.8, 4) is 11.3 Å². The molecular formula is C33H34N2O. The van der Waals surface area contributed by atoms with Gasteiger partial charge in [0.15, 0.2) is 0 Å². The number of fused-ring (bicyclic) bond motifs is 1. The number of aromatic nitrogens is 1. The second-order valence-electron chi connectivity index (χ2n) is 10.1. The van der Waals surface area contributed by atoms with Crippen molar-refractivity contribution >= 4 is 22.6 Å². The third kappa shape index (κ3) is 4.14. The van der Waals surface area contributed by atoms with E-state index >= 15 is 0 Å². The average Bonchev–Trinajstić information content (AvgIpc) is 3.21. The zero-order valence-corrected chi connectivity index (χ0v) is 22.1. The number of aliphatic hydroxyl groups is 1. The Morgan fingerprint density at radius 1 is 0.778 bits per heavy atom. The number of hydrogen-bond acceptors (Lipinski definition) is 3. The maximum Gasteiger partial charge on any atom is 0.0768 e. The van der Waals surface area contributed by atoms with E-state index in [2.05, 4.69) is 106 Å². The van der Waals surface area contributed by atoms with Crippen molar-refractivity contribution in [1.82, 2.24) is 4.98 Å². The largest absolute Gasteiger partial charge is 0.389 e. The number of benzene rings is 3. The second kappa shape index (κ2) is 9.40. The zero-order chi connectivity index (χ0) is 25.6. The van der Waals surface area contributed by atoms with Crippen LogP contribution in [0.3, 0.4) is 0 Å². The summed E-state index contributed by atoms with van der Waals surface area (Å²) >= 11 is 0. The lowest BCUT2D eigenvalue weighted by Crippen LogP contribution is -2.15. The summed E-state index contributed by atoms with van der Waals surface area (Å²) in [5, 5.41) is 10.7. The van der Waals surface area contributed by atoms with Gasteiger partial charge in [-0.2, -0.15) is 0 Å². The molecule has 3 nitrogen and oxygen atoms in total. The molecule has 4 aromatic rings. The summed E-state index contributed by atoms with van der Waals surface area (Å²) in [6.07, 6.45) is 4.48. The Bertz CT molecular complexity index is 1400. The molecule has 1 N–H and O–H groups in total. The molecule has 1 atom stereocenters. The number of pyridine rings is 1. The Hall–Kier alpha value is -3.69. The topological polar surface area (TPSA) is 36.4 Å². The quantitative estimate of drug-likeness (QED) is 0.315. The fourth-order valence-corrected chi connectivity index (χ4v) is 5.53. The lowest BCUT2D eigenvalue weighted by atomic mass is 9.93. The van der Waals surface area contributed by atoms with Gasteiger partial charge in [0.1, 0.15) is 0 Å². The van der Waals surface area contributed by atoms with Crippen LogP contribution in [0, 0.1) is 27.7 Å². The first-order valence-electron chi connectivity index (χ1n) is 12.7. The molecule has 1 heterocycles. The van der Waals surface area contributed by atoms with Gasteiger partial charge in [0.25, 0.3) is 0 Å². The molecule has 3 aromatic carbocycles. The van der Waals surface area contributed by atoms with Crippen molar-refractivity contribution in [1.29, 1.82) is 0 Å². The van der Waals surface area contributed by atoms with Crippen molar-refractivity contribution in [3.05, 3.63) is 112 Å². The van der Waals surface area contributed by atoms with E-state index in [0.717, 1.165) is 28.9 Å². The highest BCUT2D eigenvalue weighted by molar-refractivity contribution is 5.85. The van der Waals surface area contributed by atoms with Crippen molar-refractivity contribution in [3.63, 3.8) is 0 Å². The van der Waals surface area contributed by atoms with Crippen molar-refractivity contribution in [2.24, 2.45) is 0 Å². The Labute approximate surface area is 214 Å². The highest BCUT2D eigenvalue weighted by atomic mass is 16.3. The lowest BCUT2D eigenvalue weighted by molar-refractivity contribution is 0.200. The van der Waals surface area contributed by atoms with Gasteiger partial charge in [-0.1, -0.05) is 42.5 Å². The summed E-state index contributed by atoms with van der Waals surface area (Å²) in [4.78, 5) is 7.18. The van der Waals surface area contributed by atoms with Gasteiger partial charge in [-0.25, -0.2) is 0 Å². The predicted octanol–water partition coefficient (Wildman–Crippen LogP) is 8.46. The van der Waals surface area contributed by atoms with Gasteiger partial charge in [0.2, 0.25) is 0 Å². The molecule has 1 unspecified atom stereocenters. The molecule has 0 spiro atoms. The standard InChI is InChI=1S/C33H34N2O/c1-20-13-14-26-17-30(29(25(6)36)19-28(20)26)31-18-27(15-16-34-31)35(32-21(2)9-7-10-22(32)3)33-23(4)11-8-12-24(33)5/h7-13,15-19,25,36H,14H2,1-6H3. The smallest absolute Gasteiger partial charge is 0.0768 e. The van der Waals surface area contributed by atoms with E-state index in [9.17, 15) is 5.11 Å². The Morgan fingerprint density at radius 3 is 1.92 bits per heavy atom. The van der Waals surface area contributed by atoms with E-state index in [-0.39, 0.29) is 0 Å². The van der Waals surface area contributed by atoms with Crippen molar-refractivity contribution < 1.29 is 5.11 Å². The number of hydrogen-bond donors (Lipinski definition) is 1. The second-order valence-corrected chi connectivity index (χ2v) is 10.1. The summed E-state index contributed by atoms with van der Waals surface area (Å²) in [5.74, 6) is 0. The van der Waals surface area contributed by atoms with Gasteiger partial charge in [-0.05, 0) is 117 Å². The fourth-order valence-electron chi connectivity index (χ4n) is 5.53. The molecular weight excluding hydrogens is 440 g/mol. The number of allylic oxidation sites excluding steroid dienone is 2. The summed E-state index contributed by atoms with van der Waals surface area (Å²) in [5.41, 5.74) is 14.9. The minimum absolute atomic E-state index is 0.586. The molecule has 36 heavy (non-hydrogen) atoms. The van der Waals surface area contributed by atoms with Crippen LogP contribution in [-0.2, 0) is 6.42 Å². The van der Waals surface area contributed by atoms with Crippen LogP contribution >= 0.6 is 0 Å². The molecule has 0 fully saturated rings. The third-order valence-electron chi connectivity index (χ3n) is 7.38. The van der Waals surface area contributed by atoms with Crippen molar-refractivity contribution in [2.45, 2.75) is 54.1 Å². The Morgan fingerprint density at radius 2 is 1.36 bits per heavy atom. The number of anilines is 3. The molecule has 0 aliphatic heterocycles. The van der Waals surface area contributed by atoms with Crippen LogP contribution in [0.15, 0.2) is 72.9 Å². The van der Waals surface area contributed by atoms with E-state index in [0.29, 0.717) is 0 Å². The van der Waals surface area contributed by atoms with Crippen LogP contribution in [0.25, 0.3) is 16.8 Å². The maximum atomic E-state index is 10.7. The summed E-state index contributed by atoms with van der Waals surface area (Å²) in [7, 11) is 0. The predicted molar refractivity (Wildman–Crippen MR) is 151 cm³/mol. The van der Waals surface area contributed by atoms with E-state index in [1.54, 1.807) is 0 Å². The summed E-state index contributed by atoms with van der Waals surface area (Å²) in [6.45, 7) is 12.7. The van der Waals surface area contributed by atoms with Crippen LogP contribution in [0.1, 0.15) is 58.9 Å². The minimum atomic E-state index is -0.586. The molecule has 0 saturated carbocycles. The highest BCUT2D eigenvalue weighted by Crippen LogP contribution is 2.43. The monoisotopic (exact) mass is 474 g/mol. The number of para-hydroxylation sites is 2. The first-order valence-corrected chi connectivity index (χ1v) is 12.7. The molecule has 0 amide bonds.